The summed E-state index contributed by atoms with van der Waals surface area (Å²) in [6.45, 7) is 2.77. The van der Waals surface area contributed by atoms with Crippen molar-refractivity contribution in [2.24, 2.45) is 0 Å². The summed E-state index contributed by atoms with van der Waals surface area (Å²) < 4.78 is 43.0. The lowest BCUT2D eigenvalue weighted by Crippen LogP contribution is -2.36. The Morgan fingerprint density at radius 3 is 2.59 bits per heavy atom. The molecule has 1 aromatic heterocycles. The van der Waals surface area contributed by atoms with E-state index in [9.17, 15) is 18.0 Å². The van der Waals surface area contributed by atoms with Gasteiger partial charge >= 0.3 is 6.18 Å². The summed E-state index contributed by atoms with van der Waals surface area (Å²) in [4.78, 5) is 18.2. The van der Waals surface area contributed by atoms with Crippen molar-refractivity contribution in [1.29, 1.82) is 0 Å². The van der Waals surface area contributed by atoms with Crippen LogP contribution in [0, 0.1) is 0 Å². The summed E-state index contributed by atoms with van der Waals surface area (Å²) in [6.07, 6.45) is -3.65. The van der Waals surface area contributed by atoms with Gasteiger partial charge < -0.3 is 15.0 Å². The number of hydrogen-bond acceptors (Lipinski definition) is 5. The molecule has 1 amide bonds. The minimum Gasteiger partial charge on any atom is -0.378 e. The molecule has 2 aromatic rings. The zero-order chi connectivity index (χ0) is 19.3. The molecule has 9 heteroatoms. The van der Waals surface area contributed by atoms with Crippen LogP contribution in [0.2, 0.25) is 0 Å². The van der Waals surface area contributed by atoms with Crippen molar-refractivity contribution in [2.75, 3.05) is 42.3 Å². The number of carbonyl (C=O) groups excluding carboxylic acids is 1. The average Bonchev–Trinajstić information content (AvgIpc) is 2.67. The Bertz CT molecular complexity index is 778. The molecule has 0 bridgehead atoms. The highest BCUT2D eigenvalue weighted by atomic mass is 32.2. The Morgan fingerprint density at radius 1 is 1.19 bits per heavy atom. The van der Waals surface area contributed by atoms with Crippen molar-refractivity contribution < 1.29 is 22.7 Å². The number of alkyl halides is 3. The van der Waals surface area contributed by atoms with Gasteiger partial charge in [0, 0.05) is 19.3 Å². The van der Waals surface area contributed by atoms with E-state index in [1.165, 1.54) is 6.07 Å². The largest absolute Gasteiger partial charge is 0.417 e. The number of aromatic nitrogens is 1. The number of carbonyl (C=O) groups is 1. The zero-order valence-corrected chi connectivity index (χ0v) is 15.1. The first-order valence-electron chi connectivity index (χ1n) is 8.31. The Hall–Kier alpha value is -2.26. The molecule has 3 rings (SSSR count). The summed E-state index contributed by atoms with van der Waals surface area (Å²) >= 11 is 1.08. The quantitative estimate of drug-likeness (QED) is 0.781. The Morgan fingerprint density at radius 2 is 1.93 bits per heavy atom. The number of rotatable bonds is 5. The van der Waals surface area contributed by atoms with Gasteiger partial charge in [-0.25, -0.2) is 4.98 Å². The van der Waals surface area contributed by atoms with E-state index in [-0.39, 0.29) is 11.7 Å². The molecule has 0 radical (unpaired) electrons. The highest BCUT2D eigenvalue weighted by Gasteiger charge is 2.30. The number of pyridine rings is 1. The summed E-state index contributed by atoms with van der Waals surface area (Å²) in [5.41, 5.74) is 0.813. The van der Waals surface area contributed by atoms with Gasteiger partial charge in [0.05, 0.1) is 40.9 Å². The third kappa shape index (κ3) is 5.36. The van der Waals surface area contributed by atoms with Gasteiger partial charge in [-0.05, 0) is 24.3 Å². The van der Waals surface area contributed by atoms with Gasteiger partial charge in [-0.3, -0.25) is 4.79 Å². The summed E-state index contributed by atoms with van der Waals surface area (Å²) in [5, 5.41) is 3.22. The number of nitrogens with zero attached hydrogens (tertiary/aromatic N) is 2. The van der Waals surface area contributed by atoms with E-state index in [4.69, 9.17) is 4.74 Å². The van der Waals surface area contributed by atoms with Crippen molar-refractivity contribution in [3.05, 3.63) is 48.2 Å². The highest BCUT2D eigenvalue weighted by Crippen LogP contribution is 2.30. The fraction of sp³-hybridized carbons (Fsp3) is 0.333. The number of morpholine rings is 1. The van der Waals surface area contributed by atoms with E-state index >= 15 is 0 Å². The predicted molar refractivity (Wildman–Crippen MR) is 98.1 cm³/mol. The Kier molecular flexibility index (Phi) is 6.22. The molecule has 0 spiro atoms. The van der Waals surface area contributed by atoms with Crippen LogP contribution in [0.3, 0.4) is 0 Å². The molecule has 144 valence electrons. The first-order valence-corrected chi connectivity index (χ1v) is 9.29. The number of para-hydroxylation sites is 2. The van der Waals surface area contributed by atoms with Crippen LogP contribution in [0.1, 0.15) is 5.56 Å². The maximum atomic E-state index is 12.5. The number of thioether (sulfide) groups is 1. The summed E-state index contributed by atoms with van der Waals surface area (Å²) in [5.74, 6) is -0.196. The van der Waals surface area contributed by atoms with E-state index in [0.29, 0.717) is 23.9 Å². The highest BCUT2D eigenvalue weighted by molar-refractivity contribution is 7.99. The van der Waals surface area contributed by atoms with Crippen molar-refractivity contribution in [3.63, 3.8) is 0 Å². The zero-order valence-electron chi connectivity index (χ0n) is 14.3. The second kappa shape index (κ2) is 8.62. The molecule has 1 aromatic carbocycles. The van der Waals surface area contributed by atoms with Gasteiger partial charge in [0.15, 0.2) is 0 Å². The average molecular weight is 397 g/mol. The molecule has 2 heterocycles. The van der Waals surface area contributed by atoms with Crippen LogP contribution in [0.15, 0.2) is 47.6 Å². The molecule has 1 saturated heterocycles. The number of nitrogens with one attached hydrogen (secondary N) is 1. The molecule has 0 saturated carbocycles. The molecule has 1 aliphatic heterocycles. The lowest BCUT2D eigenvalue weighted by atomic mass is 10.2. The Labute approximate surface area is 158 Å². The number of anilines is 2. The van der Waals surface area contributed by atoms with E-state index in [0.717, 1.165) is 42.8 Å². The molecule has 0 aliphatic carbocycles. The molecular weight excluding hydrogens is 379 g/mol. The first-order chi connectivity index (χ1) is 12.9. The summed E-state index contributed by atoms with van der Waals surface area (Å²) in [6, 6.07) is 9.73. The van der Waals surface area contributed by atoms with Crippen LogP contribution in [-0.4, -0.2) is 42.9 Å². The third-order valence-electron chi connectivity index (χ3n) is 3.94. The molecule has 27 heavy (non-hydrogen) atoms. The van der Waals surface area contributed by atoms with E-state index in [1.54, 1.807) is 0 Å². The van der Waals surface area contributed by atoms with Gasteiger partial charge in [-0.1, -0.05) is 23.9 Å². The topological polar surface area (TPSA) is 54.5 Å². The molecule has 1 N–H and O–H groups in total. The Balaban J connectivity index is 1.58. The van der Waals surface area contributed by atoms with Gasteiger partial charge in [0.2, 0.25) is 5.91 Å². The molecule has 0 atom stereocenters. The first kappa shape index (κ1) is 19.5. The van der Waals surface area contributed by atoms with Crippen molar-refractivity contribution in [2.45, 2.75) is 11.2 Å². The van der Waals surface area contributed by atoms with Gasteiger partial charge in [0.1, 0.15) is 0 Å². The predicted octanol–water partition coefficient (Wildman–Crippen LogP) is 3.67. The van der Waals surface area contributed by atoms with Crippen molar-refractivity contribution in [3.8, 4) is 0 Å². The van der Waals surface area contributed by atoms with Crippen molar-refractivity contribution in [1.82, 2.24) is 4.98 Å². The van der Waals surface area contributed by atoms with Crippen LogP contribution in [0.25, 0.3) is 0 Å². The number of ether oxygens (including phenoxy) is 1. The fourth-order valence-electron chi connectivity index (χ4n) is 2.62. The number of hydrogen-bond donors (Lipinski definition) is 1. The fourth-order valence-corrected chi connectivity index (χ4v) is 3.26. The molecule has 1 fully saturated rings. The summed E-state index contributed by atoms with van der Waals surface area (Å²) in [7, 11) is 0. The monoisotopic (exact) mass is 397 g/mol. The van der Waals surface area contributed by atoms with Gasteiger partial charge in [-0.15, -0.1) is 0 Å². The standard InChI is InChI=1S/C18H18F3N3O2S/c19-18(20,21)13-5-6-17(22-11-13)27-12-16(25)23-14-3-1-2-4-15(14)24-7-9-26-10-8-24/h1-6,11H,7-10,12H2,(H,23,25). The van der Waals surface area contributed by atoms with Crippen LogP contribution in [0.4, 0.5) is 24.5 Å². The maximum absolute atomic E-state index is 12.5. The van der Waals surface area contributed by atoms with Crippen LogP contribution >= 0.6 is 11.8 Å². The molecular formula is C18H18F3N3O2S. The van der Waals surface area contributed by atoms with Crippen LogP contribution in [-0.2, 0) is 15.7 Å². The SMILES string of the molecule is O=C(CSc1ccc(C(F)(F)F)cn1)Nc1ccccc1N1CCOCC1. The number of halogens is 3. The van der Waals surface area contributed by atoms with E-state index in [2.05, 4.69) is 15.2 Å². The third-order valence-corrected chi connectivity index (χ3v) is 4.89. The van der Waals surface area contributed by atoms with Crippen LogP contribution < -0.4 is 10.2 Å². The van der Waals surface area contributed by atoms with E-state index in [1.807, 2.05) is 24.3 Å². The molecule has 5 nitrogen and oxygen atoms in total. The second-order valence-corrected chi connectivity index (χ2v) is 6.83. The molecule has 1 aliphatic rings. The van der Waals surface area contributed by atoms with Crippen LogP contribution in [0.5, 0.6) is 0 Å². The lowest BCUT2D eigenvalue weighted by molar-refractivity contribution is -0.137. The molecule has 0 unspecified atom stereocenters. The minimum absolute atomic E-state index is 0.0514. The van der Waals surface area contributed by atoms with Crippen molar-refractivity contribution >= 4 is 29.0 Å². The normalized spacial score (nSPS) is 14.9. The number of amides is 1. The minimum atomic E-state index is -4.42. The number of benzene rings is 1. The lowest BCUT2D eigenvalue weighted by Gasteiger charge is -2.30. The maximum Gasteiger partial charge on any atom is 0.417 e. The van der Waals surface area contributed by atoms with E-state index < -0.39 is 11.7 Å². The van der Waals surface area contributed by atoms with Gasteiger partial charge in [0.25, 0.3) is 0 Å². The van der Waals surface area contributed by atoms with Gasteiger partial charge in [-0.2, -0.15) is 13.2 Å². The smallest absolute Gasteiger partial charge is 0.378 e. The second-order valence-electron chi connectivity index (χ2n) is 5.84.